The smallest absolute Gasteiger partial charge is 0.0591 e. The Balaban J connectivity index is 2.05. The third kappa shape index (κ3) is 2.08. The molecule has 0 saturated carbocycles. The van der Waals surface area contributed by atoms with E-state index in [1.54, 1.807) is 0 Å². The quantitative estimate of drug-likeness (QED) is 0.853. The summed E-state index contributed by atoms with van der Waals surface area (Å²) in [5.74, 6) is 0.639. The van der Waals surface area contributed by atoms with E-state index in [2.05, 4.69) is 74.6 Å². The Morgan fingerprint density at radius 1 is 0.789 bits per heavy atom. The Bertz CT molecular complexity index is 540. The highest BCUT2D eigenvalue weighted by Crippen LogP contribution is 2.43. The zero-order chi connectivity index (χ0) is 13.4. The number of benzene rings is 2. The minimum absolute atomic E-state index is 0.338. The SMILES string of the molecule is CC(C)C(C)NC1c2ccccc2-c2ccccc21. The van der Waals surface area contributed by atoms with Gasteiger partial charge in [0.15, 0.2) is 0 Å². The lowest BCUT2D eigenvalue weighted by atomic mass is 10.0. The molecule has 0 radical (unpaired) electrons. The van der Waals surface area contributed by atoms with Crippen LogP contribution < -0.4 is 5.32 Å². The molecule has 2 aromatic carbocycles. The normalized spacial score (nSPS) is 15.4. The predicted octanol–water partition coefficient (Wildman–Crippen LogP) is 4.39. The topological polar surface area (TPSA) is 12.0 Å². The monoisotopic (exact) mass is 251 g/mol. The molecule has 0 bridgehead atoms. The molecule has 1 heteroatoms. The van der Waals surface area contributed by atoms with E-state index in [0.717, 1.165) is 0 Å². The Labute approximate surface area is 115 Å². The van der Waals surface area contributed by atoms with Gasteiger partial charge in [0.1, 0.15) is 0 Å². The molecule has 2 aromatic rings. The molecular formula is C18H21N. The van der Waals surface area contributed by atoms with Gasteiger partial charge in [-0.05, 0) is 35.1 Å². The first-order valence-electron chi connectivity index (χ1n) is 7.12. The lowest BCUT2D eigenvalue weighted by Crippen LogP contribution is -2.34. The van der Waals surface area contributed by atoms with Gasteiger partial charge in [0.05, 0.1) is 6.04 Å². The number of rotatable bonds is 3. The number of nitrogens with one attached hydrogen (secondary N) is 1. The molecule has 98 valence electrons. The van der Waals surface area contributed by atoms with Crippen LogP contribution in [0.15, 0.2) is 48.5 Å². The molecule has 3 rings (SSSR count). The molecule has 0 aliphatic heterocycles. The predicted molar refractivity (Wildman–Crippen MR) is 81.2 cm³/mol. The van der Waals surface area contributed by atoms with Crippen molar-refractivity contribution in [1.29, 1.82) is 0 Å². The largest absolute Gasteiger partial charge is 0.303 e. The molecule has 0 spiro atoms. The lowest BCUT2D eigenvalue weighted by molar-refractivity contribution is 0.402. The second-order valence-electron chi connectivity index (χ2n) is 5.81. The summed E-state index contributed by atoms with van der Waals surface area (Å²) in [5, 5.41) is 3.79. The van der Waals surface area contributed by atoms with Crippen LogP contribution in [-0.4, -0.2) is 6.04 Å². The van der Waals surface area contributed by atoms with Gasteiger partial charge in [-0.2, -0.15) is 0 Å². The molecule has 0 saturated heterocycles. The summed E-state index contributed by atoms with van der Waals surface area (Å²) in [7, 11) is 0. The Kier molecular flexibility index (Phi) is 3.16. The number of hydrogen-bond donors (Lipinski definition) is 1. The van der Waals surface area contributed by atoms with E-state index in [1.165, 1.54) is 22.3 Å². The van der Waals surface area contributed by atoms with Gasteiger partial charge in [-0.3, -0.25) is 0 Å². The van der Waals surface area contributed by atoms with Crippen molar-refractivity contribution in [2.45, 2.75) is 32.9 Å². The molecule has 1 nitrogen and oxygen atoms in total. The van der Waals surface area contributed by atoms with Crippen LogP contribution >= 0.6 is 0 Å². The highest BCUT2D eigenvalue weighted by atomic mass is 15.0. The molecular weight excluding hydrogens is 230 g/mol. The fraction of sp³-hybridized carbons (Fsp3) is 0.333. The summed E-state index contributed by atoms with van der Waals surface area (Å²) in [5.41, 5.74) is 5.59. The summed E-state index contributed by atoms with van der Waals surface area (Å²) >= 11 is 0. The maximum atomic E-state index is 3.79. The van der Waals surface area contributed by atoms with Gasteiger partial charge in [-0.15, -0.1) is 0 Å². The van der Waals surface area contributed by atoms with E-state index < -0.39 is 0 Å². The third-order valence-corrected chi connectivity index (χ3v) is 4.26. The molecule has 19 heavy (non-hydrogen) atoms. The Morgan fingerprint density at radius 3 is 1.74 bits per heavy atom. The summed E-state index contributed by atoms with van der Waals surface area (Å²) < 4.78 is 0. The van der Waals surface area contributed by atoms with Gasteiger partial charge in [-0.25, -0.2) is 0 Å². The van der Waals surface area contributed by atoms with Gasteiger partial charge in [-0.1, -0.05) is 62.4 Å². The molecule has 0 amide bonds. The zero-order valence-corrected chi connectivity index (χ0v) is 11.9. The van der Waals surface area contributed by atoms with Crippen molar-refractivity contribution in [3.05, 3.63) is 59.7 Å². The second kappa shape index (κ2) is 4.82. The second-order valence-corrected chi connectivity index (χ2v) is 5.81. The van der Waals surface area contributed by atoms with Crippen molar-refractivity contribution in [3.8, 4) is 11.1 Å². The molecule has 0 aromatic heterocycles. The summed E-state index contributed by atoms with van der Waals surface area (Å²) in [6.07, 6.45) is 0. The standard InChI is InChI=1S/C18H21N/c1-12(2)13(3)19-18-16-10-6-4-8-14(16)15-9-5-7-11-17(15)18/h4-13,18-19H,1-3H3. The van der Waals surface area contributed by atoms with Gasteiger partial charge in [0.2, 0.25) is 0 Å². The van der Waals surface area contributed by atoms with E-state index in [0.29, 0.717) is 18.0 Å². The minimum Gasteiger partial charge on any atom is -0.303 e. The van der Waals surface area contributed by atoms with E-state index >= 15 is 0 Å². The van der Waals surface area contributed by atoms with Crippen LogP contribution in [0.25, 0.3) is 11.1 Å². The first-order chi connectivity index (χ1) is 9.18. The molecule has 1 aliphatic carbocycles. The van der Waals surface area contributed by atoms with Gasteiger partial charge < -0.3 is 5.32 Å². The van der Waals surface area contributed by atoms with E-state index in [9.17, 15) is 0 Å². The van der Waals surface area contributed by atoms with E-state index in [-0.39, 0.29) is 0 Å². The van der Waals surface area contributed by atoms with Crippen LogP contribution in [0.1, 0.15) is 37.9 Å². The van der Waals surface area contributed by atoms with Crippen LogP contribution in [0.5, 0.6) is 0 Å². The fourth-order valence-electron chi connectivity index (χ4n) is 2.79. The highest BCUT2D eigenvalue weighted by molar-refractivity contribution is 5.78. The molecule has 0 heterocycles. The van der Waals surface area contributed by atoms with Crippen molar-refractivity contribution in [2.24, 2.45) is 5.92 Å². The molecule has 1 atom stereocenters. The highest BCUT2D eigenvalue weighted by Gasteiger charge is 2.28. The summed E-state index contributed by atoms with van der Waals surface area (Å²) in [4.78, 5) is 0. The first-order valence-corrected chi connectivity index (χ1v) is 7.12. The fourth-order valence-corrected chi connectivity index (χ4v) is 2.79. The molecule has 1 unspecified atom stereocenters. The van der Waals surface area contributed by atoms with Crippen LogP contribution in [0.4, 0.5) is 0 Å². The Hall–Kier alpha value is -1.60. The first kappa shape index (κ1) is 12.4. The number of hydrogen-bond acceptors (Lipinski definition) is 1. The van der Waals surface area contributed by atoms with Gasteiger partial charge >= 0.3 is 0 Å². The lowest BCUT2D eigenvalue weighted by Gasteiger charge is -2.24. The number of fused-ring (bicyclic) bond motifs is 3. The summed E-state index contributed by atoms with van der Waals surface area (Å²) in [6.45, 7) is 6.81. The van der Waals surface area contributed by atoms with Crippen molar-refractivity contribution in [2.75, 3.05) is 0 Å². The molecule has 1 aliphatic rings. The maximum Gasteiger partial charge on any atom is 0.0591 e. The summed E-state index contributed by atoms with van der Waals surface area (Å²) in [6, 6.07) is 18.3. The molecule has 0 fully saturated rings. The maximum absolute atomic E-state index is 3.79. The molecule has 1 N–H and O–H groups in total. The minimum atomic E-state index is 0.338. The van der Waals surface area contributed by atoms with Gasteiger partial charge in [0, 0.05) is 6.04 Å². The van der Waals surface area contributed by atoms with Crippen molar-refractivity contribution in [3.63, 3.8) is 0 Å². The van der Waals surface area contributed by atoms with Crippen LogP contribution in [0.3, 0.4) is 0 Å². The van der Waals surface area contributed by atoms with Gasteiger partial charge in [0.25, 0.3) is 0 Å². The van der Waals surface area contributed by atoms with Crippen molar-refractivity contribution >= 4 is 0 Å². The van der Waals surface area contributed by atoms with Crippen LogP contribution in [-0.2, 0) is 0 Å². The van der Waals surface area contributed by atoms with Crippen LogP contribution in [0, 0.1) is 5.92 Å². The average Bonchev–Trinajstić information content (AvgIpc) is 2.74. The third-order valence-electron chi connectivity index (χ3n) is 4.26. The van der Waals surface area contributed by atoms with Crippen molar-refractivity contribution in [1.82, 2.24) is 5.32 Å². The van der Waals surface area contributed by atoms with E-state index in [1.807, 2.05) is 0 Å². The zero-order valence-electron chi connectivity index (χ0n) is 11.9. The Morgan fingerprint density at radius 2 is 1.26 bits per heavy atom. The average molecular weight is 251 g/mol. The van der Waals surface area contributed by atoms with Crippen LogP contribution in [0.2, 0.25) is 0 Å². The van der Waals surface area contributed by atoms with E-state index in [4.69, 9.17) is 0 Å². The van der Waals surface area contributed by atoms with Crippen molar-refractivity contribution < 1.29 is 0 Å².